The van der Waals surface area contributed by atoms with E-state index in [1.54, 1.807) is 13.0 Å². The second kappa shape index (κ2) is 5.78. The molecular weight excluding hydrogens is 242 g/mol. The monoisotopic (exact) mass is 265 g/mol. The summed E-state index contributed by atoms with van der Waals surface area (Å²) in [6, 6.07) is 1.77. The van der Waals surface area contributed by atoms with E-state index in [0.29, 0.717) is 23.3 Å². The van der Waals surface area contributed by atoms with Crippen LogP contribution in [0.3, 0.4) is 0 Å². The number of methoxy groups -OCH3 is 1. The van der Waals surface area contributed by atoms with Crippen LogP contribution in [0.5, 0.6) is 0 Å². The third-order valence-electron chi connectivity index (χ3n) is 4.04. The Morgan fingerprint density at radius 3 is 2.79 bits per heavy atom. The largest absolute Gasteiger partial charge is 0.465 e. The van der Waals surface area contributed by atoms with Crippen molar-refractivity contribution in [2.24, 2.45) is 5.41 Å². The molecule has 1 fully saturated rings. The Kier molecular flexibility index (Phi) is 4.30. The van der Waals surface area contributed by atoms with Gasteiger partial charge in [-0.2, -0.15) is 0 Å². The van der Waals surface area contributed by atoms with E-state index in [1.807, 2.05) is 0 Å². The number of hydrogen-bond acceptors (Lipinski definition) is 4. The van der Waals surface area contributed by atoms with Crippen molar-refractivity contribution in [2.45, 2.75) is 46.1 Å². The van der Waals surface area contributed by atoms with Gasteiger partial charge >= 0.3 is 5.97 Å². The third kappa shape index (κ3) is 3.38. The van der Waals surface area contributed by atoms with Gasteiger partial charge in [0, 0.05) is 6.54 Å². The van der Waals surface area contributed by atoms with Crippen LogP contribution in [0.25, 0.3) is 0 Å². The van der Waals surface area contributed by atoms with Crippen LogP contribution in [0.4, 0.5) is 0 Å². The van der Waals surface area contributed by atoms with Crippen LogP contribution in [0, 0.1) is 12.3 Å². The first-order valence-electron chi connectivity index (χ1n) is 6.92. The molecule has 106 valence electrons. The maximum absolute atomic E-state index is 11.5. The zero-order valence-corrected chi connectivity index (χ0v) is 12.0. The number of ether oxygens (including phenoxy) is 1. The second-order valence-corrected chi connectivity index (χ2v) is 5.80. The van der Waals surface area contributed by atoms with E-state index in [0.717, 1.165) is 12.3 Å². The molecular formula is C15H23NO3. The molecule has 0 aliphatic heterocycles. The molecule has 1 saturated carbocycles. The molecule has 0 unspecified atom stereocenters. The Bertz CT molecular complexity index is 444. The molecule has 0 atom stereocenters. The van der Waals surface area contributed by atoms with Crippen LogP contribution in [-0.4, -0.2) is 19.6 Å². The number of carbonyl (C=O) groups is 1. The van der Waals surface area contributed by atoms with E-state index in [-0.39, 0.29) is 5.97 Å². The Labute approximate surface area is 114 Å². The molecule has 1 N–H and O–H groups in total. The number of esters is 1. The van der Waals surface area contributed by atoms with Crippen LogP contribution < -0.4 is 5.32 Å². The molecule has 1 aliphatic carbocycles. The highest BCUT2D eigenvalue weighted by molar-refractivity contribution is 5.90. The maximum atomic E-state index is 11.5. The Hall–Kier alpha value is -1.29. The van der Waals surface area contributed by atoms with E-state index in [1.165, 1.54) is 32.8 Å². The van der Waals surface area contributed by atoms with E-state index < -0.39 is 0 Å². The van der Waals surface area contributed by atoms with Crippen molar-refractivity contribution >= 4 is 5.97 Å². The summed E-state index contributed by atoms with van der Waals surface area (Å²) in [4.78, 5) is 11.5. The van der Waals surface area contributed by atoms with Gasteiger partial charge in [-0.3, -0.25) is 0 Å². The molecule has 1 aromatic heterocycles. The molecule has 0 amide bonds. The molecule has 0 bridgehead atoms. The molecule has 19 heavy (non-hydrogen) atoms. The summed E-state index contributed by atoms with van der Waals surface area (Å²) in [5.74, 6) is 1.07. The summed E-state index contributed by atoms with van der Waals surface area (Å²) in [6.07, 6.45) is 5.27. The van der Waals surface area contributed by atoms with Crippen LogP contribution >= 0.6 is 0 Å². The lowest BCUT2D eigenvalue weighted by molar-refractivity contribution is 0.0599. The van der Waals surface area contributed by atoms with Crippen molar-refractivity contribution in [3.05, 3.63) is 23.2 Å². The first-order valence-corrected chi connectivity index (χ1v) is 6.92. The van der Waals surface area contributed by atoms with Gasteiger partial charge in [0.1, 0.15) is 17.1 Å². The molecule has 1 aliphatic rings. The number of furan rings is 1. The number of rotatable bonds is 5. The summed E-state index contributed by atoms with van der Waals surface area (Å²) in [6.45, 7) is 5.78. The predicted octanol–water partition coefficient (Wildman–Crippen LogP) is 3.04. The lowest BCUT2D eigenvalue weighted by Gasteiger charge is -2.23. The fourth-order valence-corrected chi connectivity index (χ4v) is 2.84. The van der Waals surface area contributed by atoms with Crippen molar-refractivity contribution in [3.63, 3.8) is 0 Å². The van der Waals surface area contributed by atoms with Crippen molar-refractivity contribution in [2.75, 3.05) is 13.7 Å². The Balaban J connectivity index is 1.88. The topological polar surface area (TPSA) is 51.5 Å². The smallest absolute Gasteiger partial charge is 0.341 e. The molecule has 4 nitrogen and oxygen atoms in total. The quantitative estimate of drug-likeness (QED) is 0.831. The summed E-state index contributed by atoms with van der Waals surface area (Å²) in [5, 5.41) is 3.44. The Morgan fingerprint density at radius 1 is 1.47 bits per heavy atom. The standard InChI is InChI=1S/C15H23NO3/c1-11-13(14(17)18-3)8-12(19-11)9-16-10-15(2)6-4-5-7-15/h8,16H,4-7,9-10H2,1-3H3. The van der Waals surface area contributed by atoms with Crippen LogP contribution in [0.15, 0.2) is 10.5 Å². The van der Waals surface area contributed by atoms with Gasteiger partial charge < -0.3 is 14.5 Å². The van der Waals surface area contributed by atoms with Gasteiger partial charge in [-0.25, -0.2) is 4.79 Å². The normalized spacial score (nSPS) is 17.6. The van der Waals surface area contributed by atoms with E-state index in [2.05, 4.69) is 12.2 Å². The number of carbonyl (C=O) groups excluding carboxylic acids is 1. The molecule has 0 spiro atoms. The highest BCUT2D eigenvalue weighted by atomic mass is 16.5. The molecule has 0 saturated heterocycles. The van der Waals surface area contributed by atoms with E-state index in [9.17, 15) is 4.79 Å². The average molecular weight is 265 g/mol. The van der Waals surface area contributed by atoms with Gasteiger partial charge in [0.15, 0.2) is 0 Å². The van der Waals surface area contributed by atoms with Crippen molar-refractivity contribution in [1.82, 2.24) is 5.32 Å². The van der Waals surface area contributed by atoms with Gasteiger partial charge in [0.25, 0.3) is 0 Å². The van der Waals surface area contributed by atoms with Gasteiger partial charge in [-0.1, -0.05) is 19.8 Å². The highest BCUT2D eigenvalue weighted by Crippen LogP contribution is 2.36. The van der Waals surface area contributed by atoms with Gasteiger partial charge in [-0.05, 0) is 31.2 Å². The fraction of sp³-hybridized carbons (Fsp3) is 0.667. The maximum Gasteiger partial charge on any atom is 0.341 e. The zero-order chi connectivity index (χ0) is 13.9. The van der Waals surface area contributed by atoms with Gasteiger partial charge in [-0.15, -0.1) is 0 Å². The minimum atomic E-state index is -0.338. The number of nitrogens with one attached hydrogen (secondary N) is 1. The fourth-order valence-electron chi connectivity index (χ4n) is 2.84. The molecule has 2 rings (SSSR count). The summed E-state index contributed by atoms with van der Waals surface area (Å²) in [7, 11) is 1.38. The second-order valence-electron chi connectivity index (χ2n) is 5.80. The lowest BCUT2D eigenvalue weighted by atomic mass is 9.89. The van der Waals surface area contributed by atoms with Crippen LogP contribution in [-0.2, 0) is 11.3 Å². The van der Waals surface area contributed by atoms with Gasteiger partial charge in [0.05, 0.1) is 13.7 Å². The molecule has 4 heteroatoms. The summed E-state index contributed by atoms with van der Waals surface area (Å²) < 4.78 is 10.3. The van der Waals surface area contributed by atoms with E-state index >= 15 is 0 Å². The number of aryl methyl sites for hydroxylation is 1. The predicted molar refractivity (Wildman–Crippen MR) is 73.1 cm³/mol. The first kappa shape index (κ1) is 14.1. The number of hydrogen-bond donors (Lipinski definition) is 1. The molecule has 1 heterocycles. The SMILES string of the molecule is COC(=O)c1cc(CNCC2(C)CCCC2)oc1C. The summed E-state index contributed by atoms with van der Waals surface area (Å²) in [5.41, 5.74) is 0.943. The van der Waals surface area contributed by atoms with Gasteiger partial charge in [0.2, 0.25) is 0 Å². The highest BCUT2D eigenvalue weighted by Gasteiger charge is 2.28. The third-order valence-corrected chi connectivity index (χ3v) is 4.04. The summed E-state index contributed by atoms with van der Waals surface area (Å²) >= 11 is 0. The average Bonchev–Trinajstić information content (AvgIpc) is 2.96. The van der Waals surface area contributed by atoms with Crippen LogP contribution in [0.2, 0.25) is 0 Å². The minimum Gasteiger partial charge on any atom is -0.465 e. The van der Waals surface area contributed by atoms with Crippen molar-refractivity contribution in [3.8, 4) is 0 Å². The molecule has 0 aromatic carbocycles. The zero-order valence-electron chi connectivity index (χ0n) is 12.0. The first-order chi connectivity index (χ1) is 9.04. The van der Waals surface area contributed by atoms with Crippen LogP contribution in [0.1, 0.15) is 54.5 Å². The minimum absolute atomic E-state index is 0.338. The Morgan fingerprint density at radius 2 is 2.16 bits per heavy atom. The van der Waals surface area contributed by atoms with Crippen molar-refractivity contribution in [1.29, 1.82) is 0 Å². The molecule has 0 radical (unpaired) electrons. The van der Waals surface area contributed by atoms with E-state index in [4.69, 9.17) is 9.15 Å². The van der Waals surface area contributed by atoms with Crippen molar-refractivity contribution < 1.29 is 13.9 Å². The lowest BCUT2D eigenvalue weighted by Crippen LogP contribution is -2.28. The molecule has 1 aromatic rings.